The molecule has 4 atom stereocenters. The number of carbonyl (C=O) groups is 1. The Balaban J connectivity index is 1.79. The third kappa shape index (κ3) is 6.51. The predicted octanol–water partition coefficient (Wildman–Crippen LogP) is 3.84. The smallest absolute Gasteiger partial charge is 0.241 e. The van der Waals surface area contributed by atoms with Crippen molar-refractivity contribution in [1.82, 2.24) is 10.0 Å². The molecule has 1 aliphatic carbocycles. The number of rotatable bonds is 9. The number of aliphatic hydroxyl groups is 1. The van der Waals surface area contributed by atoms with Crippen molar-refractivity contribution in [3.63, 3.8) is 0 Å². The molecule has 1 amide bonds. The lowest BCUT2D eigenvalue weighted by atomic mass is 9.79. The van der Waals surface area contributed by atoms with Gasteiger partial charge in [0.2, 0.25) is 5.91 Å². The van der Waals surface area contributed by atoms with E-state index in [9.17, 15) is 24.1 Å². The molecule has 9 heteroatoms. The molecule has 0 spiro atoms. The quantitative estimate of drug-likeness (QED) is 0.369. The number of nitrogens with zero attached hydrogens (tertiary/aromatic N) is 1. The highest BCUT2D eigenvalue weighted by atomic mass is 32.2. The van der Waals surface area contributed by atoms with Crippen LogP contribution < -0.4 is 15.4 Å². The number of nitrogens with one attached hydrogen (secondary N) is 3. The number of anilines is 1. The van der Waals surface area contributed by atoms with Gasteiger partial charge in [0.1, 0.15) is 16.1 Å². The molecule has 198 valence electrons. The first-order valence-electron chi connectivity index (χ1n) is 12.7. The molecule has 4 N–H and O–H groups in total. The highest BCUT2D eigenvalue weighted by Crippen LogP contribution is 2.43. The first kappa shape index (κ1) is 27.6. The van der Waals surface area contributed by atoms with Crippen LogP contribution in [0.25, 0.3) is 0 Å². The number of aliphatic hydroxyl groups excluding tert-OH is 1. The van der Waals surface area contributed by atoms with Gasteiger partial charge in [-0.1, -0.05) is 31.0 Å². The zero-order chi connectivity index (χ0) is 26.8. The largest absolute Gasteiger partial charge is 0.598 e. The first-order valence-corrected chi connectivity index (χ1v) is 13.9. The highest BCUT2D eigenvalue weighted by Gasteiger charge is 2.43. The Bertz CT molecular complexity index is 1180. The van der Waals surface area contributed by atoms with Crippen molar-refractivity contribution >= 4 is 23.0 Å². The van der Waals surface area contributed by atoms with Gasteiger partial charge >= 0.3 is 0 Å². The van der Waals surface area contributed by atoms with Crippen molar-refractivity contribution in [3.05, 3.63) is 65.0 Å². The van der Waals surface area contributed by atoms with Gasteiger partial charge in [-0.15, -0.1) is 4.72 Å². The fraction of sp³-hybridized carbons (Fsp3) is 0.500. The number of β-amino-alcohol motifs (C(OH)–C–C–N with tert-alkyl or cyclic N) is 1. The van der Waals surface area contributed by atoms with Crippen molar-refractivity contribution in [2.24, 2.45) is 5.92 Å². The maximum Gasteiger partial charge on any atom is 0.241 e. The molecule has 0 bridgehead atoms. The normalized spacial score (nSPS) is 22.2. The van der Waals surface area contributed by atoms with E-state index in [1.165, 1.54) is 6.07 Å². The van der Waals surface area contributed by atoms with Gasteiger partial charge in [0.15, 0.2) is 0 Å². The molecule has 37 heavy (non-hydrogen) atoms. The van der Waals surface area contributed by atoms with Gasteiger partial charge in [-0.3, -0.25) is 4.79 Å². The van der Waals surface area contributed by atoms with Crippen LogP contribution in [-0.4, -0.2) is 39.0 Å². The Hall–Kier alpha value is -2.48. The number of nitriles is 1. The van der Waals surface area contributed by atoms with Gasteiger partial charge in [-0.2, -0.15) is 5.26 Å². The molecule has 2 unspecified atom stereocenters. The molecule has 4 rings (SSSR count). The molecular formula is C28H35FN4O3S. The van der Waals surface area contributed by atoms with Gasteiger partial charge in [0.05, 0.1) is 29.5 Å². The average molecular weight is 527 g/mol. The Morgan fingerprint density at radius 1 is 1.24 bits per heavy atom. The summed E-state index contributed by atoms with van der Waals surface area (Å²) in [6.45, 7) is 5.95. The second-order valence-corrected chi connectivity index (χ2v) is 13.1. The molecule has 0 aromatic heterocycles. The van der Waals surface area contributed by atoms with Crippen molar-refractivity contribution in [2.75, 3.05) is 11.9 Å². The van der Waals surface area contributed by atoms with Crippen LogP contribution in [-0.2, 0) is 21.7 Å². The summed E-state index contributed by atoms with van der Waals surface area (Å²) in [4.78, 5) is 12.8. The van der Waals surface area contributed by atoms with Gasteiger partial charge in [-0.05, 0) is 81.3 Å². The van der Waals surface area contributed by atoms with E-state index in [1.54, 1.807) is 30.3 Å². The van der Waals surface area contributed by atoms with E-state index in [4.69, 9.17) is 0 Å². The standard InChI is InChI=1S/C28H35FN4O3S/c1-27(2,3)37(36)33-28(12-11-18-7-8-18,20-6-4-5-19(13-20)16-30)21-9-10-23(29)24(14-21)32-26(35)25-15-22(34)17-31-25/h4-6,9-10,13-14,18,22,25,31,33-34H,7-8,11-12,15,17H2,1-3H3,(H,32,35)/t22-,25-,28?,37?/m1/s1. The van der Waals surface area contributed by atoms with E-state index in [2.05, 4.69) is 21.4 Å². The van der Waals surface area contributed by atoms with Crippen molar-refractivity contribution in [3.8, 4) is 6.07 Å². The van der Waals surface area contributed by atoms with Crippen LogP contribution in [0.5, 0.6) is 0 Å². The zero-order valence-electron chi connectivity index (χ0n) is 21.5. The van der Waals surface area contributed by atoms with Crippen LogP contribution in [0, 0.1) is 23.1 Å². The summed E-state index contributed by atoms with van der Waals surface area (Å²) < 4.78 is 31.3. The molecule has 2 aromatic carbocycles. The van der Waals surface area contributed by atoms with Gasteiger partial charge in [-0.25, -0.2) is 4.39 Å². The summed E-state index contributed by atoms with van der Waals surface area (Å²) >= 11 is -1.49. The van der Waals surface area contributed by atoms with Gasteiger partial charge in [0.25, 0.3) is 0 Å². The molecule has 1 saturated carbocycles. The Morgan fingerprint density at radius 3 is 2.59 bits per heavy atom. The van der Waals surface area contributed by atoms with Crippen LogP contribution in [0.3, 0.4) is 0 Å². The second-order valence-electron chi connectivity index (χ2n) is 11.1. The van der Waals surface area contributed by atoms with E-state index in [0.29, 0.717) is 30.0 Å². The lowest BCUT2D eigenvalue weighted by molar-refractivity contribution is -0.118. The SMILES string of the molecule is CC(C)(C)[S+]([O-])NC(CCC1CC1)(c1cccc(C#N)c1)c1ccc(F)c(NC(=O)[C@H]2C[C@@H](O)CN2)c1. The minimum atomic E-state index is -1.49. The topological polar surface area (TPSA) is 120 Å². The fourth-order valence-corrected chi connectivity index (χ4v) is 5.60. The van der Waals surface area contributed by atoms with Crippen molar-refractivity contribution in [2.45, 2.75) is 75.3 Å². The monoisotopic (exact) mass is 526 g/mol. The molecular weight excluding hydrogens is 491 g/mol. The van der Waals surface area contributed by atoms with Crippen LogP contribution in [0.1, 0.15) is 69.6 Å². The predicted molar refractivity (Wildman–Crippen MR) is 142 cm³/mol. The molecule has 0 radical (unpaired) electrons. The maximum absolute atomic E-state index is 15.0. The van der Waals surface area contributed by atoms with Gasteiger partial charge < -0.3 is 20.3 Å². The molecule has 2 fully saturated rings. The molecule has 1 heterocycles. The van der Waals surface area contributed by atoms with E-state index >= 15 is 0 Å². The van der Waals surface area contributed by atoms with Gasteiger partial charge in [0, 0.05) is 17.9 Å². The van der Waals surface area contributed by atoms with Crippen molar-refractivity contribution in [1.29, 1.82) is 5.26 Å². The number of carbonyl (C=O) groups excluding carboxylic acids is 1. The number of benzene rings is 2. The molecule has 1 aliphatic heterocycles. The summed E-state index contributed by atoms with van der Waals surface area (Å²) in [5.41, 5.74) is 0.911. The van der Waals surface area contributed by atoms with E-state index < -0.39 is 45.5 Å². The summed E-state index contributed by atoms with van der Waals surface area (Å²) in [5.74, 6) is -0.439. The summed E-state index contributed by atoms with van der Waals surface area (Å²) in [6, 6.07) is 13.3. The van der Waals surface area contributed by atoms with Crippen LogP contribution in [0.15, 0.2) is 42.5 Å². The Morgan fingerprint density at radius 2 is 1.97 bits per heavy atom. The zero-order valence-corrected chi connectivity index (χ0v) is 22.3. The number of hydrogen-bond acceptors (Lipinski definition) is 6. The fourth-order valence-electron chi connectivity index (χ4n) is 4.64. The minimum Gasteiger partial charge on any atom is -0.598 e. The van der Waals surface area contributed by atoms with E-state index in [1.807, 2.05) is 26.8 Å². The second kappa shape index (κ2) is 11.1. The van der Waals surface area contributed by atoms with Crippen LogP contribution >= 0.6 is 0 Å². The van der Waals surface area contributed by atoms with E-state index in [-0.39, 0.29) is 12.1 Å². The average Bonchev–Trinajstić information content (AvgIpc) is 3.60. The minimum absolute atomic E-state index is 0.0151. The van der Waals surface area contributed by atoms with Crippen LogP contribution in [0.2, 0.25) is 0 Å². The summed E-state index contributed by atoms with van der Waals surface area (Å²) in [7, 11) is 0. The third-order valence-corrected chi connectivity index (χ3v) is 8.72. The van der Waals surface area contributed by atoms with Crippen LogP contribution in [0.4, 0.5) is 10.1 Å². The molecule has 2 aromatic rings. The van der Waals surface area contributed by atoms with E-state index in [0.717, 1.165) is 24.8 Å². The molecule has 7 nitrogen and oxygen atoms in total. The number of hydrogen-bond donors (Lipinski definition) is 4. The maximum atomic E-state index is 15.0. The first-order chi connectivity index (χ1) is 17.5. The molecule has 1 saturated heterocycles. The lowest BCUT2D eigenvalue weighted by Gasteiger charge is -2.39. The summed E-state index contributed by atoms with van der Waals surface area (Å²) in [6.07, 6.45) is 3.37. The molecule has 2 aliphatic rings. The Labute approximate surface area is 221 Å². The Kier molecular flexibility index (Phi) is 8.26. The third-order valence-electron chi connectivity index (χ3n) is 7.07. The van der Waals surface area contributed by atoms with Crippen molar-refractivity contribution < 1.29 is 18.8 Å². The lowest BCUT2D eigenvalue weighted by Crippen LogP contribution is -2.52. The number of halogens is 1. The highest BCUT2D eigenvalue weighted by molar-refractivity contribution is 7.90. The number of amides is 1. The summed E-state index contributed by atoms with van der Waals surface area (Å²) in [5, 5.41) is 25.0.